The van der Waals surface area contributed by atoms with Crippen molar-refractivity contribution in [3.05, 3.63) is 46.5 Å². The van der Waals surface area contributed by atoms with Crippen LogP contribution < -0.4 is 4.74 Å². The van der Waals surface area contributed by atoms with Crippen molar-refractivity contribution in [2.24, 2.45) is 5.92 Å². The fourth-order valence-electron chi connectivity index (χ4n) is 2.18. The number of hydrogen-bond donors (Lipinski definition) is 0. The van der Waals surface area contributed by atoms with Crippen LogP contribution in [0.2, 0.25) is 0 Å². The summed E-state index contributed by atoms with van der Waals surface area (Å²) in [7, 11) is 1.72. The molecule has 1 nitrogen and oxygen atoms in total. The minimum atomic E-state index is 0.797. The Morgan fingerprint density at radius 3 is 2.71 bits per heavy atom. The first-order chi connectivity index (χ1) is 8.13. The first-order valence-corrected chi connectivity index (χ1v) is 6.14. The molecule has 0 heterocycles. The second-order valence-corrected chi connectivity index (χ2v) is 4.82. The van der Waals surface area contributed by atoms with Crippen molar-refractivity contribution in [1.82, 2.24) is 0 Å². The van der Waals surface area contributed by atoms with Gasteiger partial charge in [0, 0.05) is 0 Å². The maximum atomic E-state index is 5.32. The highest BCUT2D eigenvalue weighted by Gasteiger charge is 2.25. The third-order valence-corrected chi connectivity index (χ3v) is 3.53. The standard InChI is InChI=1S/C16H20O/c1-11(15-10-12(15)2)8-9-14-6-5-7-16(17-4)13(14)3/h5-9,12H,10H2,1-4H3/b9-8-,15-11-/t12-/m0/s1. The van der Waals surface area contributed by atoms with E-state index in [1.807, 2.05) is 12.1 Å². The fraction of sp³-hybridized carbons (Fsp3) is 0.375. The summed E-state index contributed by atoms with van der Waals surface area (Å²) in [4.78, 5) is 0. The smallest absolute Gasteiger partial charge is 0.122 e. The number of benzene rings is 1. The third kappa shape index (κ3) is 2.60. The van der Waals surface area contributed by atoms with Gasteiger partial charge in [0.1, 0.15) is 5.75 Å². The van der Waals surface area contributed by atoms with Crippen molar-refractivity contribution in [3.8, 4) is 5.75 Å². The summed E-state index contributed by atoms with van der Waals surface area (Å²) in [6.07, 6.45) is 5.68. The van der Waals surface area contributed by atoms with Gasteiger partial charge in [-0.3, -0.25) is 0 Å². The van der Waals surface area contributed by atoms with Crippen LogP contribution in [0.3, 0.4) is 0 Å². The molecule has 0 aromatic heterocycles. The third-order valence-electron chi connectivity index (χ3n) is 3.53. The van der Waals surface area contributed by atoms with Crippen molar-refractivity contribution < 1.29 is 4.74 Å². The average molecular weight is 228 g/mol. The number of allylic oxidation sites excluding steroid dienone is 3. The van der Waals surface area contributed by atoms with Gasteiger partial charge in [0.15, 0.2) is 0 Å². The van der Waals surface area contributed by atoms with Crippen LogP contribution in [-0.2, 0) is 0 Å². The Bertz CT molecular complexity index is 480. The molecule has 1 atom stereocenters. The average Bonchev–Trinajstić information content (AvgIpc) is 3.05. The molecular formula is C16H20O. The van der Waals surface area contributed by atoms with E-state index in [1.165, 1.54) is 23.1 Å². The zero-order valence-corrected chi connectivity index (χ0v) is 11.1. The summed E-state index contributed by atoms with van der Waals surface area (Å²) in [5, 5.41) is 0. The van der Waals surface area contributed by atoms with Crippen LogP contribution in [0.5, 0.6) is 5.75 Å². The predicted octanol–water partition coefficient (Wildman–Crippen LogP) is 4.37. The zero-order valence-electron chi connectivity index (χ0n) is 11.1. The molecule has 1 aliphatic carbocycles. The first kappa shape index (κ1) is 12.0. The molecule has 0 spiro atoms. The fourth-order valence-corrected chi connectivity index (χ4v) is 2.18. The van der Waals surface area contributed by atoms with E-state index in [0.717, 1.165) is 11.7 Å². The Balaban J connectivity index is 2.22. The Morgan fingerprint density at radius 2 is 2.12 bits per heavy atom. The maximum Gasteiger partial charge on any atom is 0.122 e. The van der Waals surface area contributed by atoms with Gasteiger partial charge < -0.3 is 4.74 Å². The summed E-state index contributed by atoms with van der Waals surface area (Å²) in [6, 6.07) is 6.16. The molecule has 2 rings (SSSR count). The molecule has 1 aromatic rings. The van der Waals surface area contributed by atoms with Gasteiger partial charge in [-0.25, -0.2) is 0 Å². The highest BCUT2D eigenvalue weighted by molar-refractivity contribution is 5.60. The van der Waals surface area contributed by atoms with Crippen molar-refractivity contribution in [2.75, 3.05) is 7.11 Å². The van der Waals surface area contributed by atoms with Gasteiger partial charge in [0.2, 0.25) is 0 Å². The lowest BCUT2D eigenvalue weighted by Gasteiger charge is -2.06. The van der Waals surface area contributed by atoms with E-state index in [1.54, 1.807) is 12.7 Å². The summed E-state index contributed by atoms with van der Waals surface area (Å²) < 4.78 is 5.32. The molecule has 0 unspecified atom stereocenters. The van der Waals surface area contributed by atoms with Gasteiger partial charge in [-0.2, -0.15) is 0 Å². The summed E-state index contributed by atoms with van der Waals surface area (Å²) in [5.74, 6) is 1.75. The van der Waals surface area contributed by atoms with E-state index >= 15 is 0 Å². The lowest BCUT2D eigenvalue weighted by atomic mass is 10.1. The van der Waals surface area contributed by atoms with Gasteiger partial charge in [-0.05, 0) is 43.4 Å². The van der Waals surface area contributed by atoms with E-state index < -0.39 is 0 Å². The Hall–Kier alpha value is -1.50. The van der Waals surface area contributed by atoms with Gasteiger partial charge in [-0.15, -0.1) is 0 Å². The lowest BCUT2D eigenvalue weighted by Crippen LogP contribution is -1.89. The summed E-state index contributed by atoms with van der Waals surface area (Å²) in [6.45, 7) is 6.58. The first-order valence-electron chi connectivity index (χ1n) is 6.14. The highest BCUT2D eigenvalue weighted by atomic mass is 16.5. The molecule has 0 radical (unpaired) electrons. The molecule has 0 aliphatic heterocycles. The Morgan fingerprint density at radius 1 is 1.41 bits per heavy atom. The molecule has 0 N–H and O–H groups in total. The van der Waals surface area contributed by atoms with Crippen LogP contribution in [0, 0.1) is 12.8 Å². The van der Waals surface area contributed by atoms with Crippen LogP contribution in [0.25, 0.3) is 6.08 Å². The number of methoxy groups -OCH3 is 1. The predicted molar refractivity (Wildman–Crippen MR) is 73.2 cm³/mol. The minimum Gasteiger partial charge on any atom is -0.496 e. The molecule has 0 saturated heterocycles. The number of hydrogen-bond acceptors (Lipinski definition) is 1. The van der Waals surface area contributed by atoms with Crippen molar-refractivity contribution in [2.45, 2.75) is 27.2 Å². The minimum absolute atomic E-state index is 0.797. The molecule has 1 aromatic carbocycles. The Labute approximate surface area is 104 Å². The normalized spacial score (nSPS) is 21.8. The molecule has 1 heteroatoms. The Kier molecular flexibility index (Phi) is 3.37. The van der Waals surface area contributed by atoms with Gasteiger partial charge in [0.05, 0.1) is 7.11 Å². The highest BCUT2D eigenvalue weighted by Crippen LogP contribution is 2.40. The molecule has 1 aliphatic rings. The van der Waals surface area contributed by atoms with Crippen molar-refractivity contribution in [3.63, 3.8) is 0 Å². The number of rotatable bonds is 3. The SMILES string of the molecule is COc1cccc(/C=C\C(C)=C2\C[C@@H]2C)c1C. The molecule has 1 saturated carbocycles. The van der Waals surface area contributed by atoms with Gasteiger partial charge in [0.25, 0.3) is 0 Å². The summed E-state index contributed by atoms with van der Waals surface area (Å²) in [5.41, 5.74) is 5.45. The molecule has 90 valence electrons. The zero-order chi connectivity index (χ0) is 12.4. The van der Waals surface area contributed by atoms with E-state index in [9.17, 15) is 0 Å². The van der Waals surface area contributed by atoms with Gasteiger partial charge >= 0.3 is 0 Å². The number of ether oxygens (including phenoxy) is 1. The van der Waals surface area contributed by atoms with Crippen molar-refractivity contribution >= 4 is 6.08 Å². The van der Waals surface area contributed by atoms with Crippen LogP contribution in [0.15, 0.2) is 35.4 Å². The van der Waals surface area contributed by atoms with Crippen LogP contribution in [0.1, 0.15) is 31.4 Å². The maximum absolute atomic E-state index is 5.32. The van der Waals surface area contributed by atoms with Crippen LogP contribution in [0.4, 0.5) is 0 Å². The molecule has 0 bridgehead atoms. The van der Waals surface area contributed by atoms with E-state index in [4.69, 9.17) is 4.74 Å². The topological polar surface area (TPSA) is 9.23 Å². The molecule has 17 heavy (non-hydrogen) atoms. The molecule has 1 fully saturated rings. The summed E-state index contributed by atoms with van der Waals surface area (Å²) >= 11 is 0. The second kappa shape index (κ2) is 4.79. The van der Waals surface area contributed by atoms with Gasteiger partial charge in [-0.1, -0.05) is 42.4 Å². The van der Waals surface area contributed by atoms with Crippen LogP contribution >= 0.6 is 0 Å². The molecular weight excluding hydrogens is 208 g/mol. The largest absolute Gasteiger partial charge is 0.496 e. The quantitative estimate of drug-likeness (QED) is 0.746. The monoisotopic (exact) mass is 228 g/mol. The second-order valence-electron chi connectivity index (χ2n) is 4.82. The van der Waals surface area contributed by atoms with E-state index in [-0.39, 0.29) is 0 Å². The van der Waals surface area contributed by atoms with Crippen molar-refractivity contribution in [1.29, 1.82) is 0 Å². The molecule has 0 amide bonds. The van der Waals surface area contributed by atoms with E-state index in [2.05, 4.69) is 39.0 Å². The lowest BCUT2D eigenvalue weighted by molar-refractivity contribution is 0.411. The van der Waals surface area contributed by atoms with E-state index in [0.29, 0.717) is 0 Å². The van der Waals surface area contributed by atoms with Crippen LogP contribution in [-0.4, -0.2) is 7.11 Å².